The molecule has 0 unspecified atom stereocenters. The Balaban J connectivity index is 1.86. The molecule has 2 aromatic heterocycles. The Kier molecular flexibility index (Phi) is 4.98. The quantitative estimate of drug-likeness (QED) is 0.636. The van der Waals surface area contributed by atoms with Crippen LogP contribution in [-0.2, 0) is 16.4 Å². The third kappa shape index (κ3) is 4.33. The van der Waals surface area contributed by atoms with Gasteiger partial charge in [0.2, 0.25) is 0 Å². The molecular weight excluding hydrogens is 366 g/mol. The number of pyridine rings is 1. The van der Waals surface area contributed by atoms with Crippen LogP contribution in [0.3, 0.4) is 0 Å². The van der Waals surface area contributed by atoms with Crippen molar-refractivity contribution in [2.75, 3.05) is 5.73 Å². The number of rotatable bonds is 5. The molecular formula is C18H17N5O3S. The van der Waals surface area contributed by atoms with Crippen LogP contribution in [-0.4, -0.2) is 29.2 Å². The second kappa shape index (κ2) is 7.22. The number of carbonyl (C=O) groups excluding carboxylic acids is 1. The number of sulfonamides is 1. The van der Waals surface area contributed by atoms with E-state index in [4.69, 9.17) is 10.9 Å². The Morgan fingerprint density at radius 2 is 1.74 bits per heavy atom. The molecule has 9 heteroatoms. The number of ketones is 1. The van der Waals surface area contributed by atoms with Crippen molar-refractivity contribution in [2.45, 2.75) is 18.4 Å². The lowest BCUT2D eigenvalue weighted by Gasteiger charge is -2.07. The van der Waals surface area contributed by atoms with Crippen LogP contribution in [0.5, 0.6) is 0 Å². The highest BCUT2D eigenvalue weighted by molar-refractivity contribution is 7.89. The molecule has 0 spiro atoms. The van der Waals surface area contributed by atoms with Crippen LogP contribution in [0.25, 0.3) is 11.3 Å². The van der Waals surface area contributed by atoms with Crippen LogP contribution in [0.15, 0.2) is 53.8 Å². The van der Waals surface area contributed by atoms with E-state index >= 15 is 0 Å². The first-order chi connectivity index (χ1) is 12.7. The molecule has 4 N–H and O–H groups in total. The van der Waals surface area contributed by atoms with Crippen molar-refractivity contribution in [3.8, 4) is 11.3 Å². The molecule has 0 amide bonds. The standard InChI is InChI=1S/C18H17N5O3S/c1-11-2-5-13(6-3-11)14-10-22-18(19)17(23-14)15(24)8-12-4-7-16(21-9-12)27(20,25)26/h2-7,9-10H,8H2,1H3,(H2,19,22)(H2,20,25,26). The summed E-state index contributed by atoms with van der Waals surface area (Å²) < 4.78 is 22.5. The summed E-state index contributed by atoms with van der Waals surface area (Å²) in [7, 11) is -3.88. The van der Waals surface area contributed by atoms with Crippen LogP contribution < -0.4 is 10.9 Å². The molecule has 3 aromatic rings. The number of aryl methyl sites for hydroxylation is 1. The summed E-state index contributed by atoms with van der Waals surface area (Å²) in [5, 5.41) is 4.74. The molecule has 0 aliphatic heterocycles. The van der Waals surface area contributed by atoms with Crippen LogP contribution in [0.4, 0.5) is 5.82 Å². The van der Waals surface area contributed by atoms with Crippen molar-refractivity contribution in [3.63, 3.8) is 0 Å². The number of anilines is 1. The lowest BCUT2D eigenvalue weighted by molar-refractivity contribution is 0.0989. The monoisotopic (exact) mass is 383 g/mol. The van der Waals surface area contributed by atoms with Gasteiger partial charge in [-0.25, -0.2) is 28.5 Å². The summed E-state index contributed by atoms with van der Waals surface area (Å²) in [5.41, 5.74) is 8.85. The highest BCUT2D eigenvalue weighted by Gasteiger charge is 2.16. The summed E-state index contributed by atoms with van der Waals surface area (Å²) >= 11 is 0. The molecule has 2 heterocycles. The van der Waals surface area contributed by atoms with Crippen LogP contribution in [0.1, 0.15) is 21.6 Å². The van der Waals surface area contributed by atoms with E-state index in [1.54, 1.807) is 0 Å². The van der Waals surface area contributed by atoms with Gasteiger partial charge in [0.25, 0.3) is 10.0 Å². The highest BCUT2D eigenvalue weighted by atomic mass is 32.2. The molecule has 0 aliphatic carbocycles. The molecule has 0 atom stereocenters. The van der Waals surface area contributed by atoms with E-state index in [0.29, 0.717) is 11.3 Å². The van der Waals surface area contributed by atoms with E-state index in [1.807, 2.05) is 31.2 Å². The third-order valence-electron chi connectivity index (χ3n) is 3.87. The fourth-order valence-electron chi connectivity index (χ4n) is 2.42. The number of carbonyl (C=O) groups is 1. The Bertz CT molecular complexity index is 1090. The first-order valence-corrected chi connectivity index (χ1v) is 9.49. The van der Waals surface area contributed by atoms with Gasteiger partial charge in [0, 0.05) is 18.2 Å². The number of primary sulfonamides is 1. The molecule has 0 saturated carbocycles. The lowest BCUT2D eigenvalue weighted by atomic mass is 10.1. The van der Waals surface area contributed by atoms with Crippen molar-refractivity contribution in [1.29, 1.82) is 0 Å². The maximum absolute atomic E-state index is 12.6. The molecule has 0 saturated heterocycles. The number of Topliss-reactive ketones (excluding diaryl/α,β-unsaturated/α-hetero) is 1. The number of hydrogen-bond donors (Lipinski definition) is 2. The molecule has 0 fully saturated rings. The highest BCUT2D eigenvalue weighted by Crippen LogP contribution is 2.20. The van der Waals surface area contributed by atoms with Crippen molar-refractivity contribution in [1.82, 2.24) is 15.0 Å². The Labute approximate surface area is 156 Å². The van der Waals surface area contributed by atoms with Gasteiger partial charge in [-0.15, -0.1) is 0 Å². The number of aromatic nitrogens is 3. The average Bonchev–Trinajstić information content (AvgIpc) is 2.62. The van der Waals surface area contributed by atoms with Gasteiger partial charge < -0.3 is 5.73 Å². The van der Waals surface area contributed by atoms with Crippen LogP contribution in [0, 0.1) is 6.92 Å². The van der Waals surface area contributed by atoms with Gasteiger partial charge in [-0.05, 0) is 18.6 Å². The summed E-state index contributed by atoms with van der Waals surface area (Å²) in [6.45, 7) is 1.97. The summed E-state index contributed by atoms with van der Waals surface area (Å²) in [6, 6.07) is 10.4. The Morgan fingerprint density at radius 3 is 2.33 bits per heavy atom. The average molecular weight is 383 g/mol. The first-order valence-electron chi connectivity index (χ1n) is 7.94. The zero-order chi connectivity index (χ0) is 19.6. The van der Waals surface area contributed by atoms with E-state index in [-0.39, 0.29) is 28.7 Å². The Morgan fingerprint density at radius 1 is 1.04 bits per heavy atom. The summed E-state index contributed by atoms with van der Waals surface area (Å²) in [6.07, 6.45) is 2.75. The van der Waals surface area contributed by atoms with Gasteiger partial charge in [-0.2, -0.15) is 0 Å². The number of nitrogens with zero attached hydrogens (tertiary/aromatic N) is 3. The van der Waals surface area contributed by atoms with Gasteiger partial charge in [-0.1, -0.05) is 35.9 Å². The lowest BCUT2D eigenvalue weighted by Crippen LogP contribution is -2.15. The SMILES string of the molecule is Cc1ccc(-c2cnc(N)c(C(=O)Cc3ccc(S(N)(=O)=O)nc3)n2)cc1. The van der Waals surface area contributed by atoms with Crippen LogP contribution >= 0.6 is 0 Å². The van der Waals surface area contributed by atoms with E-state index < -0.39 is 10.0 Å². The molecule has 0 bridgehead atoms. The fourth-order valence-corrected chi connectivity index (χ4v) is 2.88. The molecule has 138 valence electrons. The zero-order valence-corrected chi connectivity index (χ0v) is 15.3. The maximum atomic E-state index is 12.6. The topological polar surface area (TPSA) is 142 Å². The minimum atomic E-state index is -3.88. The van der Waals surface area contributed by atoms with Gasteiger partial charge in [0.05, 0.1) is 11.9 Å². The molecule has 27 heavy (non-hydrogen) atoms. The second-order valence-corrected chi connectivity index (χ2v) is 7.51. The number of hydrogen-bond acceptors (Lipinski definition) is 7. The zero-order valence-electron chi connectivity index (χ0n) is 14.5. The van der Waals surface area contributed by atoms with Gasteiger partial charge in [-0.3, -0.25) is 4.79 Å². The van der Waals surface area contributed by atoms with Crippen LogP contribution in [0.2, 0.25) is 0 Å². The summed E-state index contributed by atoms with van der Waals surface area (Å²) in [4.78, 5) is 24.8. The van der Waals surface area contributed by atoms with Gasteiger partial charge >= 0.3 is 0 Å². The smallest absolute Gasteiger partial charge is 0.255 e. The molecule has 3 rings (SSSR count). The van der Waals surface area contributed by atoms with E-state index in [0.717, 1.165) is 11.1 Å². The number of benzene rings is 1. The van der Waals surface area contributed by atoms with Gasteiger partial charge in [0.1, 0.15) is 5.69 Å². The van der Waals surface area contributed by atoms with Crippen molar-refractivity contribution in [3.05, 3.63) is 65.6 Å². The van der Waals surface area contributed by atoms with E-state index in [2.05, 4.69) is 15.0 Å². The summed E-state index contributed by atoms with van der Waals surface area (Å²) in [5.74, 6) is -0.316. The Hall–Kier alpha value is -3.17. The number of nitrogen functional groups attached to an aromatic ring is 1. The molecule has 0 aliphatic rings. The molecule has 1 aromatic carbocycles. The van der Waals surface area contributed by atoms with Crippen molar-refractivity contribution >= 4 is 21.6 Å². The van der Waals surface area contributed by atoms with E-state index in [1.165, 1.54) is 24.5 Å². The first kappa shape index (κ1) is 18.6. The second-order valence-electron chi connectivity index (χ2n) is 6.00. The minimum Gasteiger partial charge on any atom is -0.382 e. The maximum Gasteiger partial charge on any atom is 0.255 e. The molecule has 8 nitrogen and oxygen atoms in total. The minimum absolute atomic E-state index is 0.0324. The van der Waals surface area contributed by atoms with Gasteiger partial charge in [0.15, 0.2) is 16.6 Å². The normalized spacial score (nSPS) is 11.3. The fraction of sp³-hybridized carbons (Fsp3) is 0.111. The third-order valence-corrected chi connectivity index (χ3v) is 4.69. The van der Waals surface area contributed by atoms with E-state index in [9.17, 15) is 13.2 Å². The predicted octanol–water partition coefficient (Wildman–Crippen LogP) is 1.50. The molecule has 0 radical (unpaired) electrons. The number of nitrogens with two attached hydrogens (primary N) is 2. The van der Waals surface area contributed by atoms with Crippen molar-refractivity contribution in [2.24, 2.45) is 5.14 Å². The predicted molar refractivity (Wildman–Crippen MR) is 100 cm³/mol. The largest absolute Gasteiger partial charge is 0.382 e. The van der Waals surface area contributed by atoms with Crippen molar-refractivity contribution < 1.29 is 13.2 Å².